The summed E-state index contributed by atoms with van der Waals surface area (Å²) in [5.41, 5.74) is -0.844. The molecule has 29 heavy (non-hydrogen) atoms. The number of amides is 1. The Morgan fingerprint density at radius 1 is 1.21 bits per heavy atom. The molecular weight excluding hydrogens is 385 g/mol. The van der Waals surface area contributed by atoms with E-state index in [1.165, 1.54) is 0 Å². The third-order valence-corrected chi connectivity index (χ3v) is 3.50. The van der Waals surface area contributed by atoms with E-state index in [9.17, 15) is 22.8 Å². The first-order valence-electron chi connectivity index (χ1n) is 9.15. The van der Waals surface area contributed by atoms with Crippen LogP contribution in [0.4, 0.5) is 23.7 Å². The minimum atomic E-state index is -4.63. The molecule has 0 saturated heterocycles. The van der Waals surface area contributed by atoms with Crippen molar-refractivity contribution in [2.45, 2.75) is 58.9 Å². The summed E-state index contributed by atoms with van der Waals surface area (Å²) in [5, 5.41) is 5.34. The van der Waals surface area contributed by atoms with Gasteiger partial charge in [-0.1, -0.05) is 25.6 Å². The van der Waals surface area contributed by atoms with E-state index >= 15 is 0 Å². The lowest BCUT2D eigenvalue weighted by Crippen LogP contribution is -2.32. The van der Waals surface area contributed by atoms with Gasteiger partial charge in [0.2, 0.25) is 0 Å². The quantitative estimate of drug-likeness (QED) is 0.437. The molecule has 0 atom stereocenters. The molecule has 2 N–H and O–H groups in total. The Morgan fingerprint density at radius 3 is 2.41 bits per heavy atom. The lowest BCUT2D eigenvalue weighted by atomic mass is 10.1. The number of halogens is 3. The maximum Gasteiger partial charge on any atom is 0.415 e. The van der Waals surface area contributed by atoms with E-state index in [-0.39, 0.29) is 18.7 Å². The first kappa shape index (κ1) is 24.3. The number of hydrogen-bond donors (Lipinski definition) is 2. The van der Waals surface area contributed by atoms with Gasteiger partial charge in [0.1, 0.15) is 5.60 Å². The Balaban J connectivity index is 2.94. The van der Waals surface area contributed by atoms with E-state index < -0.39 is 29.2 Å². The SMILES string of the molecule is C=C(/C=C(\Nc1cccc(CNC(=O)OC(C)(C)C)c1)C(=O)CCC)C(F)(F)F. The first-order chi connectivity index (χ1) is 13.3. The number of ketones is 1. The molecule has 0 radical (unpaired) electrons. The number of benzene rings is 1. The molecular formula is C21H27F3N2O3. The minimum absolute atomic E-state index is 0.101. The van der Waals surface area contributed by atoms with E-state index in [4.69, 9.17) is 4.74 Å². The average molecular weight is 412 g/mol. The number of alkyl halides is 3. The van der Waals surface area contributed by atoms with Gasteiger partial charge in [-0.15, -0.1) is 0 Å². The number of alkyl carbamates (subject to hydrolysis) is 1. The van der Waals surface area contributed by atoms with Crippen molar-refractivity contribution in [2.75, 3.05) is 5.32 Å². The molecule has 1 aromatic carbocycles. The Bertz CT molecular complexity index is 778. The predicted molar refractivity (Wildman–Crippen MR) is 106 cm³/mol. The molecule has 1 amide bonds. The fourth-order valence-electron chi connectivity index (χ4n) is 2.21. The Kier molecular flexibility index (Phi) is 8.48. The Labute approximate surface area is 169 Å². The summed E-state index contributed by atoms with van der Waals surface area (Å²) in [6.45, 7) is 10.1. The summed E-state index contributed by atoms with van der Waals surface area (Å²) >= 11 is 0. The van der Waals surface area contributed by atoms with Gasteiger partial charge in [-0.2, -0.15) is 13.2 Å². The highest BCUT2D eigenvalue weighted by Crippen LogP contribution is 2.26. The molecule has 0 saturated carbocycles. The first-order valence-corrected chi connectivity index (χ1v) is 9.15. The Hall–Kier alpha value is -2.77. The molecule has 0 fully saturated rings. The summed E-state index contributed by atoms with van der Waals surface area (Å²) in [6, 6.07) is 6.63. The number of hydrogen-bond acceptors (Lipinski definition) is 4. The molecule has 8 heteroatoms. The van der Waals surface area contributed by atoms with Crippen LogP contribution >= 0.6 is 0 Å². The van der Waals surface area contributed by atoms with Gasteiger partial charge in [-0.3, -0.25) is 4.79 Å². The van der Waals surface area contributed by atoms with Crippen LogP contribution in [-0.4, -0.2) is 23.7 Å². The number of nitrogens with one attached hydrogen (secondary N) is 2. The maximum absolute atomic E-state index is 12.8. The zero-order valence-corrected chi connectivity index (χ0v) is 17.1. The lowest BCUT2D eigenvalue weighted by molar-refractivity contribution is -0.115. The zero-order chi connectivity index (χ0) is 22.2. The number of allylic oxidation sites excluding steroid dienone is 3. The van der Waals surface area contributed by atoms with Gasteiger partial charge in [0.15, 0.2) is 5.78 Å². The fraction of sp³-hybridized carbons (Fsp3) is 0.429. The molecule has 1 rings (SSSR count). The van der Waals surface area contributed by atoms with Crippen LogP contribution in [0.3, 0.4) is 0 Å². The van der Waals surface area contributed by atoms with Gasteiger partial charge in [0.05, 0.1) is 11.3 Å². The van der Waals surface area contributed by atoms with Crippen molar-refractivity contribution >= 4 is 17.6 Å². The highest BCUT2D eigenvalue weighted by molar-refractivity contribution is 5.98. The van der Waals surface area contributed by atoms with Crippen molar-refractivity contribution in [3.05, 3.63) is 53.8 Å². The molecule has 0 aromatic heterocycles. The van der Waals surface area contributed by atoms with E-state index in [2.05, 4.69) is 17.2 Å². The van der Waals surface area contributed by atoms with Crippen molar-refractivity contribution in [1.82, 2.24) is 5.32 Å². The van der Waals surface area contributed by atoms with E-state index in [1.54, 1.807) is 52.0 Å². The lowest BCUT2D eigenvalue weighted by Gasteiger charge is -2.19. The fourth-order valence-corrected chi connectivity index (χ4v) is 2.21. The number of ether oxygens (including phenoxy) is 1. The van der Waals surface area contributed by atoms with Crippen molar-refractivity contribution in [3.63, 3.8) is 0 Å². The minimum Gasteiger partial charge on any atom is -0.444 e. The smallest absolute Gasteiger partial charge is 0.415 e. The van der Waals surface area contributed by atoms with Crippen LogP contribution in [0.25, 0.3) is 0 Å². The topological polar surface area (TPSA) is 67.4 Å². The third kappa shape index (κ3) is 9.32. The predicted octanol–water partition coefficient (Wildman–Crippen LogP) is 5.49. The normalized spacial score (nSPS) is 12.3. The third-order valence-electron chi connectivity index (χ3n) is 3.50. The van der Waals surface area contributed by atoms with Crippen LogP contribution < -0.4 is 10.6 Å². The van der Waals surface area contributed by atoms with Crippen LogP contribution in [0.15, 0.2) is 48.2 Å². The van der Waals surface area contributed by atoms with E-state index in [0.717, 1.165) is 0 Å². The number of Topliss-reactive ketones (excluding diaryl/α,β-unsaturated/α-hetero) is 1. The standard InChI is InChI=1S/C21H27F3N2O3/c1-6-8-18(27)17(11-14(2)21(22,23)24)26-16-10-7-9-15(12-16)13-25-19(28)29-20(3,4)5/h7,9-12,26H,2,6,8,13H2,1,3-5H3,(H,25,28)/b17-11-. The molecule has 0 heterocycles. The summed E-state index contributed by atoms with van der Waals surface area (Å²) in [4.78, 5) is 24.0. The molecule has 0 unspecified atom stereocenters. The van der Waals surface area contributed by atoms with Gasteiger partial charge in [0.25, 0.3) is 0 Å². The van der Waals surface area contributed by atoms with Gasteiger partial charge < -0.3 is 15.4 Å². The van der Waals surface area contributed by atoms with Crippen molar-refractivity contribution in [2.24, 2.45) is 0 Å². The summed E-state index contributed by atoms with van der Waals surface area (Å²) < 4.78 is 43.6. The van der Waals surface area contributed by atoms with Crippen LogP contribution in [0.1, 0.15) is 46.1 Å². The largest absolute Gasteiger partial charge is 0.444 e. The second kappa shape index (κ2) is 10.1. The molecule has 0 aliphatic carbocycles. The van der Waals surface area contributed by atoms with Crippen LogP contribution in [0.2, 0.25) is 0 Å². The number of anilines is 1. The number of carbonyl (C=O) groups is 2. The van der Waals surface area contributed by atoms with Crippen molar-refractivity contribution < 1.29 is 27.5 Å². The molecule has 0 aliphatic heterocycles. The molecule has 0 spiro atoms. The van der Waals surface area contributed by atoms with Crippen LogP contribution in [0.5, 0.6) is 0 Å². The van der Waals surface area contributed by atoms with Crippen LogP contribution in [0, 0.1) is 0 Å². The monoisotopic (exact) mass is 412 g/mol. The van der Waals surface area contributed by atoms with Crippen molar-refractivity contribution in [1.29, 1.82) is 0 Å². The number of carbonyl (C=O) groups excluding carboxylic acids is 2. The van der Waals surface area contributed by atoms with Crippen molar-refractivity contribution in [3.8, 4) is 0 Å². The average Bonchev–Trinajstić information content (AvgIpc) is 2.57. The van der Waals surface area contributed by atoms with Gasteiger partial charge in [0, 0.05) is 18.7 Å². The van der Waals surface area contributed by atoms with Gasteiger partial charge in [-0.25, -0.2) is 4.79 Å². The van der Waals surface area contributed by atoms with E-state index in [1.807, 2.05) is 0 Å². The highest BCUT2D eigenvalue weighted by atomic mass is 19.4. The summed E-state index contributed by atoms with van der Waals surface area (Å²) in [6.07, 6.45) is -3.90. The molecule has 5 nitrogen and oxygen atoms in total. The number of rotatable bonds is 8. The second-order valence-corrected chi connectivity index (χ2v) is 7.44. The maximum atomic E-state index is 12.8. The summed E-state index contributed by atoms with van der Waals surface area (Å²) in [7, 11) is 0. The van der Waals surface area contributed by atoms with E-state index in [0.29, 0.717) is 23.7 Å². The summed E-state index contributed by atoms with van der Waals surface area (Å²) in [5.74, 6) is -0.449. The zero-order valence-electron chi connectivity index (χ0n) is 17.1. The van der Waals surface area contributed by atoms with Gasteiger partial charge in [-0.05, 0) is 51.0 Å². The molecule has 0 bridgehead atoms. The van der Waals surface area contributed by atoms with Gasteiger partial charge >= 0.3 is 12.3 Å². The van der Waals surface area contributed by atoms with Crippen LogP contribution in [-0.2, 0) is 16.1 Å². The molecule has 160 valence electrons. The molecule has 0 aliphatic rings. The Morgan fingerprint density at radius 2 is 1.86 bits per heavy atom. The molecule has 1 aromatic rings. The second-order valence-electron chi connectivity index (χ2n) is 7.44. The highest BCUT2D eigenvalue weighted by Gasteiger charge is 2.31.